The first-order valence-electron chi connectivity index (χ1n) is 8.69. The van der Waals surface area contributed by atoms with Gasteiger partial charge in [0.15, 0.2) is 0 Å². The Bertz CT molecular complexity index is 826. The quantitative estimate of drug-likeness (QED) is 0.492. The lowest BCUT2D eigenvalue weighted by Gasteiger charge is -2.11. The molecule has 1 heteroatoms. The van der Waals surface area contributed by atoms with Gasteiger partial charge in [-0.15, -0.1) is 0 Å². The van der Waals surface area contributed by atoms with Gasteiger partial charge in [-0.2, -0.15) is 0 Å². The molecule has 0 N–H and O–H groups in total. The van der Waals surface area contributed by atoms with Crippen LogP contribution in [0.4, 0.5) is 0 Å². The fourth-order valence-corrected chi connectivity index (χ4v) is 2.87. The summed E-state index contributed by atoms with van der Waals surface area (Å²) in [5.74, 6) is 1.42. The van der Waals surface area contributed by atoms with Crippen LogP contribution in [0.25, 0.3) is 11.6 Å². The van der Waals surface area contributed by atoms with E-state index in [9.17, 15) is 0 Å². The summed E-state index contributed by atoms with van der Waals surface area (Å²) in [6.45, 7) is 4.44. The summed E-state index contributed by atoms with van der Waals surface area (Å²) in [6, 6.07) is 27.6. The molecule has 0 heterocycles. The van der Waals surface area contributed by atoms with Crippen molar-refractivity contribution in [3.63, 3.8) is 0 Å². The van der Waals surface area contributed by atoms with Crippen molar-refractivity contribution in [3.8, 4) is 5.75 Å². The second-order valence-corrected chi connectivity index (χ2v) is 6.47. The average Bonchev–Trinajstić information content (AvgIpc) is 2.67. The number of hydrogen-bond acceptors (Lipinski definition) is 1. The molecule has 3 rings (SSSR count). The van der Waals surface area contributed by atoms with E-state index in [0.29, 0.717) is 5.92 Å². The molecular weight excluding hydrogens is 304 g/mol. The van der Waals surface area contributed by atoms with Gasteiger partial charge in [0.2, 0.25) is 0 Å². The lowest BCUT2D eigenvalue weighted by molar-refractivity contribution is 0.415. The van der Waals surface area contributed by atoms with Crippen molar-refractivity contribution >= 4 is 11.6 Å². The van der Waals surface area contributed by atoms with Gasteiger partial charge in [0.05, 0.1) is 7.11 Å². The minimum absolute atomic E-state index is 0.549. The van der Waals surface area contributed by atoms with Crippen molar-refractivity contribution in [2.75, 3.05) is 7.11 Å². The standard InChI is InChI=1S/C24H24O/c1-18(2)20-11-9-19(10-12-20)17-24(21-7-5-4-6-8-21)22-13-15-23(25-3)16-14-22/h4-18H,1-3H3/b24-17+. The smallest absolute Gasteiger partial charge is 0.118 e. The molecule has 0 saturated heterocycles. The molecule has 0 fully saturated rings. The largest absolute Gasteiger partial charge is 0.497 e. The Morgan fingerprint density at radius 2 is 1.36 bits per heavy atom. The van der Waals surface area contributed by atoms with Crippen molar-refractivity contribution in [1.29, 1.82) is 0 Å². The highest BCUT2D eigenvalue weighted by Crippen LogP contribution is 2.28. The molecule has 0 bridgehead atoms. The summed E-state index contributed by atoms with van der Waals surface area (Å²) in [6.07, 6.45) is 2.25. The molecule has 3 aromatic carbocycles. The van der Waals surface area contributed by atoms with Gasteiger partial charge in [-0.25, -0.2) is 0 Å². The third-order valence-corrected chi connectivity index (χ3v) is 4.40. The fourth-order valence-electron chi connectivity index (χ4n) is 2.87. The molecule has 0 aromatic heterocycles. The Hall–Kier alpha value is -2.80. The van der Waals surface area contributed by atoms with E-state index in [4.69, 9.17) is 4.74 Å². The maximum atomic E-state index is 5.29. The maximum absolute atomic E-state index is 5.29. The monoisotopic (exact) mass is 328 g/mol. The van der Waals surface area contributed by atoms with Crippen LogP contribution in [0.15, 0.2) is 78.9 Å². The van der Waals surface area contributed by atoms with E-state index in [2.05, 4.69) is 80.6 Å². The maximum Gasteiger partial charge on any atom is 0.118 e. The number of rotatable bonds is 5. The molecule has 0 amide bonds. The molecule has 3 aromatic rings. The Morgan fingerprint density at radius 1 is 0.760 bits per heavy atom. The predicted octanol–water partition coefficient (Wildman–Crippen LogP) is 6.41. The summed E-state index contributed by atoms with van der Waals surface area (Å²) in [7, 11) is 1.69. The zero-order valence-electron chi connectivity index (χ0n) is 15.1. The Morgan fingerprint density at radius 3 is 1.92 bits per heavy atom. The summed E-state index contributed by atoms with van der Waals surface area (Å²) in [4.78, 5) is 0. The van der Waals surface area contributed by atoms with E-state index < -0.39 is 0 Å². The molecule has 0 saturated carbocycles. The SMILES string of the molecule is COc1ccc(/C(=C/c2ccc(C(C)C)cc2)c2ccccc2)cc1. The molecule has 25 heavy (non-hydrogen) atoms. The summed E-state index contributed by atoms with van der Waals surface area (Å²) >= 11 is 0. The van der Waals surface area contributed by atoms with Crippen LogP contribution in [0.3, 0.4) is 0 Å². The second kappa shape index (κ2) is 7.85. The van der Waals surface area contributed by atoms with Crippen LogP contribution < -0.4 is 4.74 Å². The second-order valence-electron chi connectivity index (χ2n) is 6.47. The molecule has 0 aliphatic heterocycles. The van der Waals surface area contributed by atoms with Gasteiger partial charge in [-0.05, 0) is 52.0 Å². The van der Waals surface area contributed by atoms with Crippen LogP contribution in [-0.4, -0.2) is 7.11 Å². The van der Waals surface area contributed by atoms with Crippen LogP contribution in [0, 0.1) is 0 Å². The molecule has 1 nitrogen and oxygen atoms in total. The predicted molar refractivity (Wildman–Crippen MR) is 107 cm³/mol. The number of methoxy groups -OCH3 is 1. The zero-order chi connectivity index (χ0) is 17.6. The third-order valence-electron chi connectivity index (χ3n) is 4.40. The normalized spacial score (nSPS) is 11.6. The van der Waals surface area contributed by atoms with Gasteiger partial charge in [-0.1, -0.05) is 80.6 Å². The number of hydrogen-bond donors (Lipinski definition) is 0. The van der Waals surface area contributed by atoms with E-state index in [-0.39, 0.29) is 0 Å². The first kappa shape index (κ1) is 17.0. The van der Waals surface area contributed by atoms with Crippen molar-refractivity contribution < 1.29 is 4.74 Å². The number of benzene rings is 3. The van der Waals surface area contributed by atoms with Crippen molar-refractivity contribution in [3.05, 3.63) is 101 Å². The Labute approximate surface area is 150 Å². The molecule has 0 spiro atoms. The minimum atomic E-state index is 0.549. The van der Waals surface area contributed by atoms with Gasteiger partial charge in [-0.3, -0.25) is 0 Å². The van der Waals surface area contributed by atoms with Crippen molar-refractivity contribution in [2.45, 2.75) is 19.8 Å². The van der Waals surface area contributed by atoms with E-state index in [1.54, 1.807) is 7.11 Å². The summed E-state index contributed by atoms with van der Waals surface area (Å²) in [5.41, 5.74) is 6.17. The minimum Gasteiger partial charge on any atom is -0.497 e. The van der Waals surface area contributed by atoms with Crippen LogP contribution in [0.5, 0.6) is 5.75 Å². The van der Waals surface area contributed by atoms with E-state index >= 15 is 0 Å². The van der Waals surface area contributed by atoms with Crippen LogP contribution >= 0.6 is 0 Å². The summed E-state index contributed by atoms with van der Waals surface area (Å²) in [5, 5.41) is 0. The Balaban J connectivity index is 2.04. The third kappa shape index (κ3) is 4.19. The highest BCUT2D eigenvalue weighted by Gasteiger charge is 2.06. The van der Waals surface area contributed by atoms with Crippen LogP contribution in [0.1, 0.15) is 42.0 Å². The topological polar surface area (TPSA) is 9.23 Å². The molecule has 0 unspecified atom stereocenters. The fraction of sp³-hybridized carbons (Fsp3) is 0.167. The van der Waals surface area contributed by atoms with Gasteiger partial charge in [0, 0.05) is 0 Å². The van der Waals surface area contributed by atoms with Gasteiger partial charge in [0.25, 0.3) is 0 Å². The van der Waals surface area contributed by atoms with Crippen LogP contribution in [-0.2, 0) is 0 Å². The highest BCUT2D eigenvalue weighted by molar-refractivity contribution is 5.91. The first-order chi connectivity index (χ1) is 12.2. The molecule has 0 aliphatic carbocycles. The van der Waals surface area contributed by atoms with E-state index in [1.807, 2.05) is 18.2 Å². The van der Waals surface area contributed by atoms with Crippen LogP contribution in [0.2, 0.25) is 0 Å². The lowest BCUT2D eigenvalue weighted by Crippen LogP contribution is -1.90. The lowest BCUT2D eigenvalue weighted by atomic mass is 9.94. The summed E-state index contributed by atoms with van der Waals surface area (Å²) < 4.78 is 5.29. The average molecular weight is 328 g/mol. The van der Waals surface area contributed by atoms with E-state index in [1.165, 1.54) is 27.8 Å². The van der Waals surface area contributed by atoms with Crippen molar-refractivity contribution in [1.82, 2.24) is 0 Å². The van der Waals surface area contributed by atoms with Gasteiger partial charge < -0.3 is 4.74 Å². The number of ether oxygens (including phenoxy) is 1. The Kier molecular flexibility index (Phi) is 5.35. The molecule has 126 valence electrons. The highest BCUT2D eigenvalue weighted by atomic mass is 16.5. The molecule has 0 radical (unpaired) electrons. The van der Waals surface area contributed by atoms with Gasteiger partial charge >= 0.3 is 0 Å². The first-order valence-corrected chi connectivity index (χ1v) is 8.69. The molecular formula is C24H24O. The molecule has 0 aliphatic rings. The van der Waals surface area contributed by atoms with Crippen molar-refractivity contribution in [2.24, 2.45) is 0 Å². The zero-order valence-corrected chi connectivity index (χ0v) is 15.1. The van der Waals surface area contributed by atoms with Gasteiger partial charge in [0.1, 0.15) is 5.75 Å². The van der Waals surface area contributed by atoms with E-state index in [0.717, 1.165) is 5.75 Å². The molecule has 0 atom stereocenters.